The predicted molar refractivity (Wildman–Crippen MR) is 81.7 cm³/mol. The molecule has 0 saturated carbocycles. The molecule has 0 fully saturated rings. The molecule has 4 nitrogen and oxygen atoms in total. The van der Waals surface area contributed by atoms with Crippen LogP contribution in [-0.4, -0.2) is 17.6 Å². The van der Waals surface area contributed by atoms with Crippen molar-refractivity contribution in [2.75, 3.05) is 6.54 Å². The number of carbonyl (C=O) groups is 1. The summed E-state index contributed by atoms with van der Waals surface area (Å²) in [6.45, 7) is 4.81. The summed E-state index contributed by atoms with van der Waals surface area (Å²) in [5.41, 5.74) is 8.30. The third kappa shape index (κ3) is 3.73. The van der Waals surface area contributed by atoms with Crippen molar-refractivity contribution in [2.24, 2.45) is 5.73 Å². The van der Waals surface area contributed by atoms with Gasteiger partial charge in [-0.1, -0.05) is 38.1 Å². The van der Waals surface area contributed by atoms with Crippen LogP contribution in [0.5, 0.6) is 0 Å². The van der Waals surface area contributed by atoms with Gasteiger partial charge in [0, 0.05) is 12.3 Å². The largest absolute Gasteiger partial charge is 0.475 e. The van der Waals surface area contributed by atoms with E-state index in [-0.39, 0.29) is 11.7 Å². The molecule has 0 radical (unpaired) electrons. The van der Waals surface area contributed by atoms with Crippen molar-refractivity contribution in [3.05, 3.63) is 59.0 Å². The van der Waals surface area contributed by atoms with Gasteiger partial charge in [0.05, 0.1) is 0 Å². The lowest BCUT2D eigenvalue weighted by Crippen LogP contribution is -2.15. The first-order valence-corrected chi connectivity index (χ1v) is 7.13. The molecule has 0 aliphatic rings. The Bertz CT molecular complexity index is 599. The molecule has 0 spiro atoms. The van der Waals surface area contributed by atoms with Gasteiger partial charge in [-0.05, 0) is 35.7 Å². The summed E-state index contributed by atoms with van der Waals surface area (Å²) in [6.07, 6.45) is 0.602. The molecule has 0 bridgehead atoms. The Labute approximate surface area is 124 Å². The second-order valence-corrected chi connectivity index (χ2v) is 5.53. The van der Waals surface area contributed by atoms with E-state index in [4.69, 9.17) is 15.3 Å². The Morgan fingerprint density at radius 2 is 1.76 bits per heavy atom. The molecule has 4 heteroatoms. The molecule has 1 aromatic carbocycles. The van der Waals surface area contributed by atoms with Crippen LogP contribution in [0.15, 0.2) is 40.8 Å². The quantitative estimate of drug-likeness (QED) is 0.853. The molecule has 0 amide bonds. The number of aromatic carboxylic acids is 1. The minimum Gasteiger partial charge on any atom is -0.475 e. The number of nitrogens with two attached hydrogens (primary N) is 1. The SMILES string of the molecule is CC(C)c1ccc(C(CN)Cc2ccc(C(=O)O)o2)cc1. The Morgan fingerprint density at radius 1 is 1.14 bits per heavy atom. The topological polar surface area (TPSA) is 76.5 Å². The Morgan fingerprint density at radius 3 is 2.24 bits per heavy atom. The second kappa shape index (κ2) is 6.59. The highest BCUT2D eigenvalue weighted by Crippen LogP contribution is 2.23. The monoisotopic (exact) mass is 287 g/mol. The third-order valence-electron chi connectivity index (χ3n) is 3.68. The fraction of sp³-hybridized carbons (Fsp3) is 0.353. The average Bonchev–Trinajstić information content (AvgIpc) is 2.93. The van der Waals surface area contributed by atoms with E-state index < -0.39 is 5.97 Å². The van der Waals surface area contributed by atoms with Crippen LogP contribution in [0.4, 0.5) is 0 Å². The number of furan rings is 1. The molecule has 0 saturated heterocycles. The van der Waals surface area contributed by atoms with E-state index in [1.165, 1.54) is 11.6 Å². The minimum absolute atomic E-state index is 0.0315. The van der Waals surface area contributed by atoms with Crippen molar-refractivity contribution >= 4 is 5.97 Å². The van der Waals surface area contributed by atoms with Crippen LogP contribution in [0.25, 0.3) is 0 Å². The summed E-state index contributed by atoms with van der Waals surface area (Å²) in [7, 11) is 0. The molecule has 1 aromatic heterocycles. The molecule has 1 heterocycles. The van der Waals surface area contributed by atoms with Gasteiger partial charge in [-0.2, -0.15) is 0 Å². The molecular formula is C17H21NO3. The summed E-state index contributed by atoms with van der Waals surface area (Å²) in [6, 6.07) is 11.6. The second-order valence-electron chi connectivity index (χ2n) is 5.53. The maximum atomic E-state index is 10.8. The summed E-state index contributed by atoms with van der Waals surface area (Å²) in [5, 5.41) is 8.87. The summed E-state index contributed by atoms with van der Waals surface area (Å²) < 4.78 is 5.31. The van der Waals surface area contributed by atoms with Gasteiger partial charge in [0.1, 0.15) is 5.76 Å². The van der Waals surface area contributed by atoms with Crippen LogP contribution < -0.4 is 5.73 Å². The highest BCUT2D eigenvalue weighted by molar-refractivity contribution is 5.84. The molecule has 21 heavy (non-hydrogen) atoms. The van der Waals surface area contributed by atoms with Crippen LogP contribution in [0, 0.1) is 0 Å². The highest BCUT2D eigenvalue weighted by Gasteiger charge is 2.15. The number of hydrogen-bond donors (Lipinski definition) is 2. The van der Waals surface area contributed by atoms with Gasteiger partial charge < -0.3 is 15.3 Å². The molecule has 112 valence electrons. The lowest BCUT2D eigenvalue weighted by Gasteiger charge is -2.15. The normalized spacial score (nSPS) is 12.6. The van der Waals surface area contributed by atoms with E-state index in [0.29, 0.717) is 24.6 Å². The van der Waals surface area contributed by atoms with Crippen molar-refractivity contribution in [3.63, 3.8) is 0 Å². The maximum absolute atomic E-state index is 10.8. The lowest BCUT2D eigenvalue weighted by atomic mass is 9.92. The van der Waals surface area contributed by atoms with Gasteiger partial charge in [0.25, 0.3) is 0 Å². The molecule has 0 aliphatic heterocycles. The Balaban J connectivity index is 2.13. The number of carboxylic acid groups (broad SMARTS) is 1. The van der Waals surface area contributed by atoms with E-state index in [1.807, 2.05) is 0 Å². The molecule has 1 unspecified atom stereocenters. The first-order chi connectivity index (χ1) is 10.0. The van der Waals surface area contributed by atoms with Crippen molar-refractivity contribution in [3.8, 4) is 0 Å². The van der Waals surface area contributed by atoms with Gasteiger partial charge in [0.15, 0.2) is 0 Å². The zero-order valence-corrected chi connectivity index (χ0v) is 12.4. The summed E-state index contributed by atoms with van der Waals surface area (Å²) in [4.78, 5) is 10.8. The molecule has 2 aromatic rings. The molecule has 1 atom stereocenters. The molecular weight excluding hydrogens is 266 g/mol. The van der Waals surface area contributed by atoms with Gasteiger partial charge in [-0.3, -0.25) is 0 Å². The maximum Gasteiger partial charge on any atom is 0.371 e. The van der Waals surface area contributed by atoms with E-state index in [1.54, 1.807) is 6.07 Å². The fourth-order valence-electron chi connectivity index (χ4n) is 2.34. The smallest absolute Gasteiger partial charge is 0.371 e. The van der Waals surface area contributed by atoms with Gasteiger partial charge in [0.2, 0.25) is 5.76 Å². The van der Waals surface area contributed by atoms with Crippen LogP contribution in [0.3, 0.4) is 0 Å². The first kappa shape index (κ1) is 15.3. The van der Waals surface area contributed by atoms with Crippen molar-refractivity contribution in [2.45, 2.75) is 32.1 Å². The van der Waals surface area contributed by atoms with Crippen LogP contribution >= 0.6 is 0 Å². The average molecular weight is 287 g/mol. The standard InChI is InChI=1S/C17H21NO3/c1-11(2)12-3-5-13(6-4-12)14(10-18)9-15-7-8-16(21-15)17(19)20/h3-8,11,14H,9-10,18H2,1-2H3,(H,19,20). The van der Waals surface area contributed by atoms with E-state index >= 15 is 0 Å². The van der Waals surface area contributed by atoms with Crippen molar-refractivity contribution in [1.29, 1.82) is 0 Å². The zero-order chi connectivity index (χ0) is 15.4. The zero-order valence-electron chi connectivity index (χ0n) is 12.4. The lowest BCUT2D eigenvalue weighted by molar-refractivity contribution is 0.0660. The highest BCUT2D eigenvalue weighted by atomic mass is 16.4. The van der Waals surface area contributed by atoms with Gasteiger partial charge in [-0.15, -0.1) is 0 Å². The van der Waals surface area contributed by atoms with E-state index in [2.05, 4.69) is 38.1 Å². The van der Waals surface area contributed by atoms with Gasteiger partial charge in [-0.25, -0.2) is 4.79 Å². The van der Waals surface area contributed by atoms with Crippen LogP contribution in [0.1, 0.15) is 53.1 Å². The third-order valence-corrected chi connectivity index (χ3v) is 3.68. The first-order valence-electron chi connectivity index (χ1n) is 7.13. The Hall–Kier alpha value is -2.07. The molecule has 2 rings (SSSR count). The number of carboxylic acids is 1. The van der Waals surface area contributed by atoms with Crippen LogP contribution in [-0.2, 0) is 6.42 Å². The number of hydrogen-bond acceptors (Lipinski definition) is 3. The van der Waals surface area contributed by atoms with Crippen molar-refractivity contribution < 1.29 is 14.3 Å². The predicted octanol–water partition coefficient (Wildman–Crippen LogP) is 3.39. The molecule has 0 aliphatic carbocycles. The Kier molecular flexibility index (Phi) is 4.81. The molecule has 3 N–H and O–H groups in total. The van der Waals surface area contributed by atoms with Crippen LogP contribution in [0.2, 0.25) is 0 Å². The minimum atomic E-state index is -1.05. The summed E-state index contributed by atoms with van der Waals surface area (Å²) in [5.74, 6) is 0.191. The fourth-order valence-corrected chi connectivity index (χ4v) is 2.34. The van der Waals surface area contributed by atoms with Gasteiger partial charge >= 0.3 is 5.97 Å². The van der Waals surface area contributed by atoms with Crippen molar-refractivity contribution in [1.82, 2.24) is 0 Å². The van der Waals surface area contributed by atoms with E-state index in [0.717, 1.165) is 5.56 Å². The number of benzene rings is 1. The number of rotatable bonds is 6. The van der Waals surface area contributed by atoms with E-state index in [9.17, 15) is 4.79 Å². The summed E-state index contributed by atoms with van der Waals surface area (Å²) >= 11 is 0.